The highest BCUT2D eigenvalue weighted by atomic mass is 16.1. The van der Waals surface area contributed by atoms with Crippen molar-refractivity contribution in [1.82, 2.24) is 24.8 Å². The van der Waals surface area contributed by atoms with Gasteiger partial charge >= 0.3 is 0 Å². The minimum absolute atomic E-state index is 0.208. The molecule has 1 aliphatic rings. The largest absolute Gasteiger partial charge is 0.351 e. The van der Waals surface area contributed by atoms with E-state index in [1.165, 1.54) is 6.33 Å². The number of nitrogens with zero attached hydrogens (tertiary/aromatic N) is 5. The zero-order valence-corrected chi connectivity index (χ0v) is 22.8. The van der Waals surface area contributed by atoms with Crippen LogP contribution in [0.4, 0.5) is 23.1 Å². The van der Waals surface area contributed by atoms with Crippen molar-refractivity contribution in [2.45, 2.75) is 45.2 Å². The lowest BCUT2D eigenvalue weighted by atomic mass is 9.94. The minimum atomic E-state index is -0.538. The van der Waals surface area contributed by atoms with Gasteiger partial charge < -0.3 is 26.6 Å². The third-order valence-electron chi connectivity index (χ3n) is 7.05. The second-order valence-electron chi connectivity index (χ2n) is 10.8. The Morgan fingerprint density at radius 2 is 1.87 bits per heavy atom. The normalized spacial score (nSPS) is 14.8. The summed E-state index contributed by atoms with van der Waals surface area (Å²) in [5.41, 5.74) is 10.8. The third kappa shape index (κ3) is 6.30. The van der Waals surface area contributed by atoms with Crippen molar-refractivity contribution in [2.24, 2.45) is 5.73 Å². The summed E-state index contributed by atoms with van der Waals surface area (Å²) in [6, 6.07) is 13.4. The molecular weight excluding hydrogens is 490 g/mol. The molecule has 5 N–H and O–H groups in total. The Morgan fingerprint density at radius 1 is 1.08 bits per heavy atom. The molecule has 0 atom stereocenters. The van der Waals surface area contributed by atoms with Crippen molar-refractivity contribution in [1.29, 1.82) is 0 Å². The van der Waals surface area contributed by atoms with E-state index >= 15 is 0 Å². The van der Waals surface area contributed by atoms with E-state index in [9.17, 15) is 4.79 Å². The molecule has 1 fully saturated rings. The van der Waals surface area contributed by atoms with E-state index in [1.54, 1.807) is 12.3 Å². The SMILES string of the molecule is Cc1ccc(NC(=O)c2cccc(C(C)(C)N)c2)cc1Nc1ncnc2cnc(NC3CCN(C)CC3)nc12. The van der Waals surface area contributed by atoms with Gasteiger partial charge in [-0.05, 0) is 89.1 Å². The molecule has 202 valence electrons. The van der Waals surface area contributed by atoms with Crippen molar-refractivity contribution < 1.29 is 4.79 Å². The first-order chi connectivity index (χ1) is 18.7. The molecule has 0 aliphatic carbocycles. The van der Waals surface area contributed by atoms with Gasteiger partial charge in [-0.2, -0.15) is 0 Å². The number of aryl methyl sites for hydroxylation is 1. The molecule has 0 radical (unpaired) electrons. The van der Waals surface area contributed by atoms with E-state index in [4.69, 9.17) is 10.7 Å². The van der Waals surface area contributed by atoms with Gasteiger partial charge in [0.15, 0.2) is 5.82 Å². The fraction of sp³-hybridized carbons (Fsp3) is 0.345. The summed E-state index contributed by atoms with van der Waals surface area (Å²) in [7, 11) is 2.14. The van der Waals surface area contributed by atoms with Gasteiger partial charge in [0.05, 0.1) is 6.20 Å². The second-order valence-corrected chi connectivity index (χ2v) is 10.8. The Balaban J connectivity index is 1.36. The van der Waals surface area contributed by atoms with E-state index in [0.717, 1.165) is 42.7 Å². The average molecular weight is 526 g/mol. The number of benzene rings is 2. The number of rotatable bonds is 7. The van der Waals surface area contributed by atoms with Gasteiger partial charge in [0, 0.05) is 28.5 Å². The number of hydrogen-bond donors (Lipinski definition) is 4. The van der Waals surface area contributed by atoms with Crippen LogP contribution in [0.5, 0.6) is 0 Å². The maximum atomic E-state index is 13.0. The van der Waals surface area contributed by atoms with Crippen LogP contribution in [0, 0.1) is 6.92 Å². The summed E-state index contributed by atoms with van der Waals surface area (Å²) in [6.45, 7) is 7.91. The molecular formula is C29H35N9O. The van der Waals surface area contributed by atoms with Crippen LogP contribution in [0.25, 0.3) is 11.0 Å². The molecule has 2 aromatic carbocycles. The maximum absolute atomic E-state index is 13.0. The van der Waals surface area contributed by atoms with Gasteiger partial charge in [-0.3, -0.25) is 4.79 Å². The summed E-state index contributed by atoms with van der Waals surface area (Å²) < 4.78 is 0. The van der Waals surface area contributed by atoms with Gasteiger partial charge in [0.25, 0.3) is 5.91 Å². The molecule has 2 aromatic heterocycles. The molecule has 5 rings (SSSR count). The summed E-state index contributed by atoms with van der Waals surface area (Å²) in [6.07, 6.45) is 5.29. The molecule has 0 saturated carbocycles. The summed E-state index contributed by atoms with van der Waals surface area (Å²) in [5, 5.41) is 9.85. The Morgan fingerprint density at radius 3 is 2.64 bits per heavy atom. The van der Waals surface area contributed by atoms with Crippen LogP contribution < -0.4 is 21.7 Å². The number of nitrogens with one attached hydrogen (secondary N) is 3. The molecule has 10 heteroatoms. The van der Waals surface area contributed by atoms with Gasteiger partial charge in [0.2, 0.25) is 5.95 Å². The molecule has 0 bridgehead atoms. The van der Waals surface area contributed by atoms with Crippen molar-refractivity contribution in [3.05, 3.63) is 71.7 Å². The number of likely N-dealkylation sites (tertiary alicyclic amines) is 1. The van der Waals surface area contributed by atoms with E-state index < -0.39 is 5.54 Å². The standard InChI is InChI=1S/C29H35N9O/c1-18-8-9-22(34-27(39)19-6-5-7-20(14-19)29(2,3)30)15-23(18)36-26-25-24(32-17-33-26)16-31-28(37-25)35-21-10-12-38(4)13-11-21/h5-9,14-17,21H,10-13,30H2,1-4H3,(H,34,39)(H,31,35,37)(H,32,33,36). The van der Waals surface area contributed by atoms with E-state index in [2.05, 4.69) is 42.8 Å². The lowest BCUT2D eigenvalue weighted by molar-refractivity contribution is 0.102. The number of nitrogens with two attached hydrogens (primary N) is 1. The number of hydrogen-bond acceptors (Lipinski definition) is 9. The molecule has 1 saturated heterocycles. The van der Waals surface area contributed by atoms with E-state index in [0.29, 0.717) is 40.1 Å². The smallest absolute Gasteiger partial charge is 0.255 e. The quantitative estimate of drug-likeness (QED) is 0.276. The monoisotopic (exact) mass is 525 g/mol. The van der Waals surface area contributed by atoms with Crippen LogP contribution in [-0.2, 0) is 5.54 Å². The Bertz CT molecular complexity index is 1490. The number of carbonyl (C=O) groups excluding carboxylic acids is 1. The number of piperidine rings is 1. The van der Waals surface area contributed by atoms with Gasteiger partial charge in [-0.25, -0.2) is 19.9 Å². The van der Waals surface area contributed by atoms with E-state index in [-0.39, 0.29) is 5.91 Å². The summed E-state index contributed by atoms with van der Waals surface area (Å²) in [4.78, 5) is 33.4. The molecule has 39 heavy (non-hydrogen) atoms. The van der Waals surface area contributed by atoms with Crippen LogP contribution in [-0.4, -0.2) is 56.9 Å². The topological polar surface area (TPSA) is 134 Å². The molecule has 1 amide bonds. The number of amides is 1. The van der Waals surface area contributed by atoms with Gasteiger partial charge in [0.1, 0.15) is 17.4 Å². The van der Waals surface area contributed by atoms with Gasteiger partial charge in [-0.15, -0.1) is 0 Å². The Labute approximate surface area is 228 Å². The molecule has 1 aliphatic heterocycles. The molecule has 4 aromatic rings. The second kappa shape index (κ2) is 10.9. The number of carbonyl (C=O) groups is 1. The van der Waals surface area contributed by atoms with Crippen LogP contribution >= 0.6 is 0 Å². The molecule has 0 spiro atoms. The molecule has 0 unspecified atom stereocenters. The number of fused-ring (bicyclic) bond motifs is 1. The van der Waals surface area contributed by atoms with Gasteiger partial charge in [-0.1, -0.05) is 18.2 Å². The maximum Gasteiger partial charge on any atom is 0.255 e. The molecule has 10 nitrogen and oxygen atoms in total. The van der Waals surface area contributed by atoms with Crippen molar-refractivity contribution in [3.63, 3.8) is 0 Å². The number of aromatic nitrogens is 4. The van der Waals surface area contributed by atoms with Crippen molar-refractivity contribution >= 4 is 40.1 Å². The predicted molar refractivity (Wildman–Crippen MR) is 155 cm³/mol. The fourth-order valence-electron chi connectivity index (χ4n) is 4.58. The Kier molecular flexibility index (Phi) is 7.40. The predicted octanol–water partition coefficient (Wildman–Crippen LogP) is 4.42. The zero-order valence-electron chi connectivity index (χ0n) is 22.8. The lowest BCUT2D eigenvalue weighted by Gasteiger charge is -2.29. The first-order valence-electron chi connectivity index (χ1n) is 13.2. The first-order valence-corrected chi connectivity index (χ1v) is 13.2. The fourth-order valence-corrected chi connectivity index (χ4v) is 4.58. The van der Waals surface area contributed by atoms with Crippen LogP contribution in [0.2, 0.25) is 0 Å². The van der Waals surface area contributed by atoms with Crippen molar-refractivity contribution in [3.8, 4) is 0 Å². The summed E-state index contributed by atoms with van der Waals surface area (Å²) >= 11 is 0. The van der Waals surface area contributed by atoms with Crippen LogP contribution in [0.15, 0.2) is 55.0 Å². The number of anilines is 4. The van der Waals surface area contributed by atoms with Crippen molar-refractivity contribution in [2.75, 3.05) is 36.1 Å². The van der Waals surface area contributed by atoms with Crippen LogP contribution in [0.3, 0.4) is 0 Å². The lowest BCUT2D eigenvalue weighted by Crippen LogP contribution is -2.37. The minimum Gasteiger partial charge on any atom is -0.351 e. The highest BCUT2D eigenvalue weighted by Crippen LogP contribution is 2.27. The highest BCUT2D eigenvalue weighted by Gasteiger charge is 2.19. The van der Waals surface area contributed by atoms with E-state index in [1.807, 2.05) is 57.2 Å². The molecule has 3 heterocycles. The highest BCUT2D eigenvalue weighted by molar-refractivity contribution is 6.04. The average Bonchev–Trinajstić information content (AvgIpc) is 2.92. The first kappa shape index (κ1) is 26.5. The Hall–Kier alpha value is -4.15. The van der Waals surface area contributed by atoms with Crippen LogP contribution in [0.1, 0.15) is 48.2 Å². The summed E-state index contributed by atoms with van der Waals surface area (Å²) in [5.74, 6) is 0.926. The zero-order chi connectivity index (χ0) is 27.6. The third-order valence-corrected chi connectivity index (χ3v) is 7.05.